The molecular formula is C19H26N8O3S. The molecule has 0 bridgehead atoms. The van der Waals surface area contributed by atoms with Crippen LogP contribution in [0.4, 0.5) is 5.69 Å². The predicted molar refractivity (Wildman–Crippen MR) is 113 cm³/mol. The van der Waals surface area contributed by atoms with Gasteiger partial charge >= 0.3 is 0 Å². The van der Waals surface area contributed by atoms with E-state index in [1.807, 2.05) is 6.92 Å². The lowest BCUT2D eigenvalue weighted by atomic mass is 10.1. The van der Waals surface area contributed by atoms with E-state index >= 15 is 0 Å². The smallest absolute Gasteiger partial charge is 0.286 e. The van der Waals surface area contributed by atoms with Gasteiger partial charge in [-0.05, 0) is 39.7 Å². The maximum absolute atomic E-state index is 13.2. The fraction of sp³-hybridized carbons (Fsp3) is 0.579. The first-order valence-corrected chi connectivity index (χ1v) is 11.9. The lowest BCUT2D eigenvalue weighted by Gasteiger charge is -2.37. The van der Waals surface area contributed by atoms with Gasteiger partial charge in [-0.15, -0.1) is 20.4 Å². The zero-order valence-electron chi connectivity index (χ0n) is 18.0. The van der Waals surface area contributed by atoms with Gasteiger partial charge in [0.25, 0.3) is 5.89 Å². The number of hydrogen-bond donors (Lipinski definition) is 2. The Labute approximate surface area is 180 Å². The Hall–Kier alpha value is -2.57. The van der Waals surface area contributed by atoms with E-state index in [9.17, 15) is 8.42 Å². The minimum absolute atomic E-state index is 0.152. The highest BCUT2D eigenvalue weighted by molar-refractivity contribution is 7.89. The summed E-state index contributed by atoms with van der Waals surface area (Å²) in [6.07, 6.45) is 3.18. The molecule has 166 valence electrons. The lowest BCUT2D eigenvalue weighted by Crippen LogP contribution is -2.54. The number of nitrogens with zero attached hydrogens (tertiary/aromatic N) is 6. The first-order chi connectivity index (χ1) is 14.6. The molecule has 4 heterocycles. The number of nitrogens with one attached hydrogen (secondary N) is 2. The lowest BCUT2D eigenvalue weighted by molar-refractivity contribution is 0.407. The molecule has 0 aromatic carbocycles. The Morgan fingerprint density at radius 2 is 1.87 bits per heavy atom. The number of hydrogen-bond acceptors (Lipinski definition) is 9. The summed E-state index contributed by atoms with van der Waals surface area (Å²) in [7, 11) is -3.74. The highest BCUT2D eigenvalue weighted by atomic mass is 32.2. The third-order valence-corrected chi connectivity index (χ3v) is 7.37. The Bertz CT molecular complexity index is 1240. The number of aryl methyl sites for hydroxylation is 1. The van der Waals surface area contributed by atoms with Crippen molar-refractivity contribution >= 4 is 21.4 Å². The van der Waals surface area contributed by atoms with E-state index in [0.29, 0.717) is 23.0 Å². The standard InChI is InChI=1S/C19H26N8O3S/c1-11-8-26(9-12(2)20-11)15-7-14(31(28,29)25-19(4)5-6-19)10-27-16(15)22-23-17(27)18-24-21-13(3)30-18/h7,10-12,20,25H,5-6,8-9H2,1-4H3/t11-,12-/m0/s1. The SMILES string of the molecule is Cc1nnc(-c2nnc3c(N4C[C@H](C)N[C@@H](C)C4)cc(S(=O)(=O)NC4(C)CC4)cn23)o1. The highest BCUT2D eigenvalue weighted by Crippen LogP contribution is 2.37. The molecule has 11 nitrogen and oxygen atoms in total. The molecule has 3 aromatic heterocycles. The summed E-state index contributed by atoms with van der Waals surface area (Å²) >= 11 is 0. The Morgan fingerprint density at radius 3 is 2.48 bits per heavy atom. The van der Waals surface area contributed by atoms with Crippen LogP contribution in [0.3, 0.4) is 0 Å². The third kappa shape index (κ3) is 3.79. The number of pyridine rings is 1. The molecule has 2 atom stereocenters. The maximum atomic E-state index is 13.2. The monoisotopic (exact) mass is 446 g/mol. The molecule has 2 aliphatic rings. The van der Waals surface area contributed by atoms with Crippen molar-refractivity contribution in [3.05, 3.63) is 18.2 Å². The summed E-state index contributed by atoms with van der Waals surface area (Å²) in [6, 6.07) is 2.17. The number of fused-ring (bicyclic) bond motifs is 1. The zero-order chi connectivity index (χ0) is 22.0. The first kappa shape index (κ1) is 20.3. The summed E-state index contributed by atoms with van der Waals surface area (Å²) in [5.41, 5.74) is 0.869. The summed E-state index contributed by atoms with van der Waals surface area (Å²) in [5, 5.41) is 20.0. The number of anilines is 1. The molecule has 31 heavy (non-hydrogen) atoms. The quantitative estimate of drug-likeness (QED) is 0.591. The molecule has 3 aromatic rings. The zero-order valence-corrected chi connectivity index (χ0v) is 18.8. The van der Waals surface area contributed by atoms with Gasteiger partial charge in [0.05, 0.1) is 5.69 Å². The van der Waals surface area contributed by atoms with Crippen molar-refractivity contribution < 1.29 is 12.8 Å². The topological polar surface area (TPSA) is 131 Å². The molecular weight excluding hydrogens is 420 g/mol. The summed E-state index contributed by atoms with van der Waals surface area (Å²) in [5.74, 6) is 0.890. The van der Waals surface area contributed by atoms with Crippen LogP contribution < -0.4 is 14.9 Å². The number of piperazine rings is 1. The van der Waals surface area contributed by atoms with Crippen LogP contribution in [-0.4, -0.2) is 63.9 Å². The van der Waals surface area contributed by atoms with Crippen molar-refractivity contribution in [2.75, 3.05) is 18.0 Å². The second kappa shape index (κ2) is 6.97. The van der Waals surface area contributed by atoms with Crippen LogP contribution >= 0.6 is 0 Å². The van der Waals surface area contributed by atoms with Crippen molar-refractivity contribution in [2.24, 2.45) is 0 Å². The van der Waals surface area contributed by atoms with Gasteiger partial charge in [0.2, 0.25) is 21.7 Å². The second-order valence-corrected chi connectivity index (χ2v) is 10.6. The molecule has 0 spiro atoms. The van der Waals surface area contributed by atoms with E-state index in [2.05, 4.69) is 49.2 Å². The van der Waals surface area contributed by atoms with Crippen LogP contribution in [0.2, 0.25) is 0 Å². The van der Waals surface area contributed by atoms with E-state index in [1.54, 1.807) is 17.4 Å². The Balaban J connectivity index is 1.68. The van der Waals surface area contributed by atoms with E-state index in [4.69, 9.17) is 4.42 Å². The van der Waals surface area contributed by atoms with Gasteiger partial charge < -0.3 is 14.6 Å². The molecule has 12 heteroatoms. The number of sulfonamides is 1. The van der Waals surface area contributed by atoms with E-state index in [-0.39, 0.29) is 28.4 Å². The van der Waals surface area contributed by atoms with E-state index in [1.165, 1.54) is 6.20 Å². The molecule has 0 unspecified atom stereocenters. The third-order valence-electron chi connectivity index (χ3n) is 5.77. The molecule has 2 N–H and O–H groups in total. The summed E-state index contributed by atoms with van der Waals surface area (Å²) in [4.78, 5) is 2.30. The van der Waals surface area contributed by atoms with Crippen molar-refractivity contribution in [1.29, 1.82) is 0 Å². The van der Waals surface area contributed by atoms with Gasteiger partial charge in [-0.3, -0.25) is 4.40 Å². The summed E-state index contributed by atoms with van der Waals surface area (Å²) < 4.78 is 36.4. The minimum Gasteiger partial charge on any atom is -0.418 e. The van der Waals surface area contributed by atoms with Crippen molar-refractivity contribution in [2.45, 2.75) is 63.1 Å². The van der Waals surface area contributed by atoms with Gasteiger partial charge in [0, 0.05) is 43.8 Å². The minimum atomic E-state index is -3.74. The fourth-order valence-corrected chi connectivity index (χ4v) is 5.54. The number of aromatic nitrogens is 5. The second-order valence-electron chi connectivity index (χ2n) is 8.94. The molecule has 2 fully saturated rings. The highest BCUT2D eigenvalue weighted by Gasteiger charge is 2.41. The van der Waals surface area contributed by atoms with Crippen LogP contribution in [0.5, 0.6) is 0 Å². The van der Waals surface area contributed by atoms with Crippen molar-refractivity contribution in [1.82, 2.24) is 34.8 Å². The van der Waals surface area contributed by atoms with Crippen LogP contribution in [0.25, 0.3) is 17.4 Å². The molecule has 1 saturated heterocycles. The summed E-state index contributed by atoms with van der Waals surface area (Å²) in [6.45, 7) is 9.24. The predicted octanol–water partition coefficient (Wildman–Crippen LogP) is 1.11. The van der Waals surface area contributed by atoms with Crippen LogP contribution in [-0.2, 0) is 10.0 Å². The number of rotatable bonds is 5. The first-order valence-electron chi connectivity index (χ1n) is 10.4. The van der Waals surface area contributed by atoms with Gasteiger partial charge in [0.15, 0.2) is 5.65 Å². The van der Waals surface area contributed by atoms with Gasteiger partial charge in [-0.2, -0.15) is 0 Å². The molecule has 5 rings (SSSR count). The van der Waals surface area contributed by atoms with E-state index < -0.39 is 10.0 Å². The molecule has 1 aliphatic carbocycles. The average molecular weight is 447 g/mol. The Kier molecular flexibility index (Phi) is 4.57. The molecule has 1 saturated carbocycles. The normalized spacial score (nSPS) is 23.4. The van der Waals surface area contributed by atoms with Crippen molar-refractivity contribution in [3.63, 3.8) is 0 Å². The molecule has 0 amide bonds. The van der Waals surface area contributed by atoms with E-state index in [0.717, 1.165) is 25.9 Å². The maximum Gasteiger partial charge on any atom is 0.286 e. The fourth-order valence-electron chi connectivity index (χ4n) is 4.06. The molecule has 0 radical (unpaired) electrons. The molecule has 1 aliphatic heterocycles. The van der Waals surface area contributed by atoms with Gasteiger partial charge in [-0.1, -0.05) is 0 Å². The van der Waals surface area contributed by atoms with Gasteiger partial charge in [0.1, 0.15) is 4.90 Å². The van der Waals surface area contributed by atoms with Crippen LogP contribution in [0.1, 0.15) is 39.5 Å². The van der Waals surface area contributed by atoms with Crippen LogP contribution in [0, 0.1) is 6.92 Å². The Morgan fingerprint density at radius 1 is 1.16 bits per heavy atom. The van der Waals surface area contributed by atoms with Crippen LogP contribution in [0.15, 0.2) is 21.6 Å². The van der Waals surface area contributed by atoms with Crippen molar-refractivity contribution in [3.8, 4) is 11.7 Å². The van der Waals surface area contributed by atoms with Gasteiger partial charge in [-0.25, -0.2) is 13.1 Å². The largest absolute Gasteiger partial charge is 0.418 e. The average Bonchev–Trinajstić information content (AvgIpc) is 3.07.